The van der Waals surface area contributed by atoms with Crippen LogP contribution in [0.3, 0.4) is 0 Å². The average molecular weight is 426 g/mol. The molecule has 6 heteroatoms. The molecule has 0 bridgehead atoms. The Kier molecular flexibility index (Phi) is 5.94. The van der Waals surface area contributed by atoms with Crippen molar-refractivity contribution in [3.05, 3.63) is 78.4 Å². The zero-order valence-electron chi connectivity index (χ0n) is 18.3. The van der Waals surface area contributed by atoms with E-state index in [4.69, 9.17) is 4.74 Å². The van der Waals surface area contributed by atoms with Gasteiger partial charge in [-0.1, -0.05) is 24.3 Å². The summed E-state index contributed by atoms with van der Waals surface area (Å²) in [5.41, 5.74) is 4.74. The standard InChI is InChI=1S/C26H27N5O/c1-19-16-22(7-10-27-19)21-4-2-20(3-5-21)6-9-28-26-24-18-30-25(17-23(24)8-11-29-26)31-12-14-32-15-13-31/h2-5,7-8,10-11,16-18H,6,9,12-15H2,1H3,(H,28,29). The highest BCUT2D eigenvalue weighted by atomic mass is 16.5. The maximum Gasteiger partial charge on any atom is 0.135 e. The number of rotatable bonds is 6. The Bertz CT molecular complexity index is 1200. The van der Waals surface area contributed by atoms with Crippen LogP contribution in [0.1, 0.15) is 11.3 Å². The van der Waals surface area contributed by atoms with Gasteiger partial charge < -0.3 is 15.0 Å². The van der Waals surface area contributed by atoms with Gasteiger partial charge in [0.25, 0.3) is 0 Å². The van der Waals surface area contributed by atoms with Gasteiger partial charge in [-0.3, -0.25) is 4.98 Å². The second-order valence-electron chi connectivity index (χ2n) is 8.08. The minimum absolute atomic E-state index is 0.756. The Labute approximate surface area is 188 Å². The largest absolute Gasteiger partial charge is 0.378 e. The highest BCUT2D eigenvalue weighted by Gasteiger charge is 2.13. The van der Waals surface area contributed by atoms with Crippen molar-refractivity contribution in [3.63, 3.8) is 0 Å². The first kappa shape index (κ1) is 20.4. The summed E-state index contributed by atoms with van der Waals surface area (Å²) in [5.74, 6) is 1.88. The van der Waals surface area contributed by atoms with Crippen LogP contribution < -0.4 is 10.2 Å². The van der Waals surface area contributed by atoms with Crippen molar-refractivity contribution in [2.45, 2.75) is 13.3 Å². The van der Waals surface area contributed by atoms with Crippen LogP contribution in [0.25, 0.3) is 21.9 Å². The van der Waals surface area contributed by atoms with E-state index in [1.165, 1.54) is 16.7 Å². The quantitative estimate of drug-likeness (QED) is 0.491. The summed E-state index contributed by atoms with van der Waals surface area (Å²) in [6.45, 7) is 6.11. The van der Waals surface area contributed by atoms with Crippen LogP contribution in [0.15, 0.2) is 67.1 Å². The van der Waals surface area contributed by atoms with Crippen LogP contribution in [-0.4, -0.2) is 47.8 Å². The third-order valence-electron chi connectivity index (χ3n) is 5.86. The molecule has 1 aromatic carbocycles. The lowest BCUT2D eigenvalue weighted by Crippen LogP contribution is -2.36. The van der Waals surface area contributed by atoms with Crippen molar-refractivity contribution >= 4 is 22.4 Å². The van der Waals surface area contributed by atoms with Gasteiger partial charge in [-0.2, -0.15) is 0 Å². The number of anilines is 2. The van der Waals surface area contributed by atoms with Crippen LogP contribution in [0.4, 0.5) is 11.6 Å². The normalized spacial score (nSPS) is 14.0. The zero-order valence-corrected chi connectivity index (χ0v) is 18.3. The van der Waals surface area contributed by atoms with Gasteiger partial charge in [0.05, 0.1) is 13.2 Å². The summed E-state index contributed by atoms with van der Waals surface area (Å²) < 4.78 is 5.45. The Morgan fingerprint density at radius 2 is 1.72 bits per heavy atom. The number of benzene rings is 1. The van der Waals surface area contributed by atoms with Crippen LogP contribution >= 0.6 is 0 Å². The van der Waals surface area contributed by atoms with Crippen LogP contribution in [0, 0.1) is 6.92 Å². The van der Waals surface area contributed by atoms with Gasteiger partial charge in [-0.25, -0.2) is 9.97 Å². The maximum atomic E-state index is 5.45. The van der Waals surface area contributed by atoms with Crippen molar-refractivity contribution < 1.29 is 4.74 Å². The SMILES string of the molecule is Cc1cc(-c2ccc(CCNc3nccc4cc(N5CCOCC5)ncc34)cc2)ccn1. The molecule has 0 saturated carbocycles. The van der Waals surface area contributed by atoms with E-state index in [1.807, 2.05) is 37.6 Å². The molecule has 0 radical (unpaired) electrons. The number of nitrogens with one attached hydrogen (secondary N) is 1. The predicted octanol–water partition coefficient (Wildman–Crippen LogP) is 4.49. The van der Waals surface area contributed by atoms with E-state index in [0.717, 1.165) is 67.4 Å². The molecule has 162 valence electrons. The van der Waals surface area contributed by atoms with Gasteiger partial charge in [0.1, 0.15) is 11.6 Å². The van der Waals surface area contributed by atoms with Crippen LogP contribution in [0.5, 0.6) is 0 Å². The molecule has 0 atom stereocenters. The number of hydrogen-bond donors (Lipinski definition) is 1. The molecule has 0 amide bonds. The monoisotopic (exact) mass is 425 g/mol. The van der Waals surface area contributed by atoms with Gasteiger partial charge in [0.15, 0.2) is 0 Å². The van der Waals surface area contributed by atoms with Crippen molar-refractivity contribution in [1.29, 1.82) is 0 Å². The fraction of sp³-hybridized carbons (Fsp3) is 0.269. The van der Waals surface area contributed by atoms with E-state index in [2.05, 4.69) is 61.6 Å². The summed E-state index contributed by atoms with van der Waals surface area (Å²) in [4.78, 5) is 15.8. The van der Waals surface area contributed by atoms with Gasteiger partial charge >= 0.3 is 0 Å². The van der Waals surface area contributed by atoms with E-state index in [-0.39, 0.29) is 0 Å². The first-order chi connectivity index (χ1) is 15.8. The molecule has 32 heavy (non-hydrogen) atoms. The summed E-state index contributed by atoms with van der Waals surface area (Å²) >= 11 is 0. The molecule has 1 N–H and O–H groups in total. The fourth-order valence-corrected chi connectivity index (χ4v) is 4.08. The Morgan fingerprint density at radius 3 is 2.53 bits per heavy atom. The molecule has 0 spiro atoms. The molecule has 4 aromatic rings. The summed E-state index contributed by atoms with van der Waals surface area (Å²) in [6, 6.07) is 17.1. The second-order valence-corrected chi connectivity index (χ2v) is 8.08. The average Bonchev–Trinajstić information content (AvgIpc) is 2.85. The number of pyridine rings is 3. The van der Waals surface area contributed by atoms with Crippen molar-refractivity contribution in [2.24, 2.45) is 0 Å². The molecule has 1 fully saturated rings. The molecular weight excluding hydrogens is 398 g/mol. The molecule has 3 aromatic heterocycles. The molecule has 1 aliphatic heterocycles. The molecule has 0 aliphatic carbocycles. The fourth-order valence-electron chi connectivity index (χ4n) is 4.08. The minimum Gasteiger partial charge on any atom is -0.378 e. The number of fused-ring (bicyclic) bond motifs is 1. The topological polar surface area (TPSA) is 63.2 Å². The molecule has 1 saturated heterocycles. The van der Waals surface area contributed by atoms with Gasteiger partial charge in [0.2, 0.25) is 0 Å². The third kappa shape index (κ3) is 4.55. The van der Waals surface area contributed by atoms with Crippen LogP contribution in [0.2, 0.25) is 0 Å². The lowest BCUT2D eigenvalue weighted by Gasteiger charge is -2.28. The van der Waals surface area contributed by atoms with Crippen molar-refractivity contribution in [1.82, 2.24) is 15.0 Å². The van der Waals surface area contributed by atoms with Crippen molar-refractivity contribution in [3.8, 4) is 11.1 Å². The van der Waals surface area contributed by atoms with E-state index in [0.29, 0.717) is 0 Å². The number of ether oxygens (including phenoxy) is 1. The van der Waals surface area contributed by atoms with Gasteiger partial charge in [-0.05, 0) is 59.7 Å². The van der Waals surface area contributed by atoms with E-state index >= 15 is 0 Å². The lowest BCUT2D eigenvalue weighted by molar-refractivity contribution is 0.122. The van der Waals surface area contributed by atoms with Crippen molar-refractivity contribution in [2.75, 3.05) is 43.1 Å². The summed E-state index contributed by atoms with van der Waals surface area (Å²) in [7, 11) is 0. The maximum absolute atomic E-state index is 5.45. The Hall–Kier alpha value is -3.51. The first-order valence-corrected chi connectivity index (χ1v) is 11.1. The lowest BCUT2D eigenvalue weighted by atomic mass is 10.0. The highest BCUT2D eigenvalue weighted by Crippen LogP contribution is 2.25. The summed E-state index contributed by atoms with van der Waals surface area (Å²) in [5, 5.41) is 5.69. The number of hydrogen-bond acceptors (Lipinski definition) is 6. The summed E-state index contributed by atoms with van der Waals surface area (Å²) in [6.07, 6.45) is 6.58. The molecule has 4 heterocycles. The molecule has 0 unspecified atom stereocenters. The Morgan fingerprint density at radius 1 is 0.906 bits per heavy atom. The van der Waals surface area contributed by atoms with Crippen LogP contribution in [-0.2, 0) is 11.2 Å². The minimum atomic E-state index is 0.756. The second kappa shape index (κ2) is 9.32. The number of morpholine rings is 1. The van der Waals surface area contributed by atoms with E-state index < -0.39 is 0 Å². The predicted molar refractivity (Wildman–Crippen MR) is 129 cm³/mol. The Balaban J connectivity index is 1.24. The van der Waals surface area contributed by atoms with E-state index in [1.54, 1.807) is 0 Å². The molecule has 6 nitrogen and oxygen atoms in total. The number of aryl methyl sites for hydroxylation is 1. The molecule has 1 aliphatic rings. The zero-order chi connectivity index (χ0) is 21.8. The molecular formula is C26H27N5O. The van der Waals surface area contributed by atoms with Gasteiger partial charge in [-0.15, -0.1) is 0 Å². The van der Waals surface area contributed by atoms with Gasteiger partial charge in [0, 0.05) is 49.3 Å². The number of aromatic nitrogens is 3. The van der Waals surface area contributed by atoms with E-state index in [9.17, 15) is 0 Å². The third-order valence-corrected chi connectivity index (χ3v) is 5.86. The molecule has 5 rings (SSSR count). The highest BCUT2D eigenvalue weighted by molar-refractivity contribution is 5.92. The smallest absolute Gasteiger partial charge is 0.135 e. The number of nitrogens with zero attached hydrogens (tertiary/aromatic N) is 4. The first-order valence-electron chi connectivity index (χ1n) is 11.1.